The molecule has 0 aliphatic rings. The molecule has 0 radical (unpaired) electrons. The molecule has 1 N–H and O–H groups in total. The first kappa shape index (κ1) is 22.0. The lowest BCUT2D eigenvalue weighted by atomic mass is 10.2. The molecule has 4 aromatic rings. The second-order valence-corrected chi connectivity index (χ2v) is 8.74. The van der Waals surface area contributed by atoms with Gasteiger partial charge in [0, 0.05) is 18.2 Å². The zero-order chi connectivity index (χ0) is 23.8. The third-order valence-corrected chi connectivity index (χ3v) is 6.33. The zero-order valence-corrected chi connectivity index (χ0v) is 18.4. The van der Waals surface area contributed by atoms with Crippen molar-refractivity contribution in [3.05, 3.63) is 93.0 Å². The van der Waals surface area contributed by atoms with E-state index in [1.165, 1.54) is 42.0 Å². The Hall–Kier alpha value is -4.25. The molecular weight excluding hydrogens is 448 g/mol. The van der Waals surface area contributed by atoms with Crippen molar-refractivity contribution in [3.8, 4) is 11.4 Å². The van der Waals surface area contributed by atoms with E-state index in [1.54, 1.807) is 37.3 Å². The molecule has 33 heavy (non-hydrogen) atoms. The number of methoxy groups -OCH3 is 1. The number of rotatable bonds is 6. The molecule has 11 heteroatoms. The van der Waals surface area contributed by atoms with Crippen LogP contribution in [0.4, 0.5) is 11.4 Å². The highest BCUT2D eigenvalue weighted by atomic mass is 32.2. The fraction of sp³-hybridized carbons (Fsp3) is 0.0909. The first-order valence-electron chi connectivity index (χ1n) is 9.65. The van der Waals surface area contributed by atoms with Gasteiger partial charge in [0.15, 0.2) is 0 Å². The normalized spacial score (nSPS) is 11.3. The predicted molar refractivity (Wildman–Crippen MR) is 123 cm³/mol. The third kappa shape index (κ3) is 4.13. The number of aromatic nitrogens is 2. The molecule has 0 atom stereocenters. The highest BCUT2D eigenvalue weighted by Gasteiger charge is 2.20. The number of hydrogen-bond acceptors (Lipinski definition) is 7. The molecule has 0 amide bonds. The SMILES string of the molecule is COc1cc(-n2c(C)nc3ccccc3c2=O)ccc1NS(=O)(=O)c1cccc([N+](=O)[O-])c1. The summed E-state index contributed by atoms with van der Waals surface area (Å²) in [5.74, 6) is 0.603. The second kappa shape index (κ2) is 8.36. The number of anilines is 1. The van der Waals surface area contributed by atoms with Gasteiger partial charge in [0.2, 0.25) is 0 Å². The van der Waals surface area contributed by atoms with E-state index in [0.29, 0.717) is 22.4 Å². The molecule has 0 fully saturated rings. The number of aryl methyl sites for hydroxylation is 1. The first-order chi connectivity index (χ1) is 15.7. The van der Waals surface area contributed by atoms with Crippen molar-refractivity contribution in [2.45, 2.75) is 11.8 Å². The molecule has 0 aliphatic heterocycles. The molecule has 0 saturated heterocycles. The number of nitrogens with zero attached hydrogens (tertiary/aromatic N) is 3. The Morgan fingerprint density at radius 2 is 1.82 bits per heavy atom. The quantitative estimate of drug-likeness (QED) is 0.340. The molecule has 0 spiro atoms. The van der Waals surface area contributed by atoms with E-state index in [9.17, 15) is 23.3 Å². The maximum absolute atomic E-state index is 13.1. The highest BCUT2D eigenvalue weighted by Crippen LogP contribution is 2.30. The van der Waals surface area contributed by atoms with Crippen molar-refractivity contribution in [3.63, 3.8) is 0 Å². The van der Waals surface area contributed by atoms with Crippen molar-refractivity contribution in [1.82, 2.24) is 9.55 Å². The Morgan fingerprint density at radius 1 is 1.06 bits per heavy atom. The van der Waals surface area contributed by atoms with Crippen molar-refractivity contribution in [2.75, 3.05) is 11.8 Å². The molecule has 1 heterocycles. The van der Waals surface area contributed by atoms with Crippen LogP contribution in [0.15, 0.2) is 76.4 Å². The van der Waals surface area contributed by atoms with Gasteiger partial charge in [-0.15, -0.1) is 0 Å². The molecule has 0 aliphatic carbocycles. The van der Waals surface area contributed by atoms with Crippen LogP contribution in [0.2, 0.25) is 0 Å². The van der Waals surface area contributed by atoms with Gasteiger partial charge in [-0.3, -0.25) is 24.2 Å². The van der Waals surface area contributed by atoms with Gasteiger partial charge in [-0.2, -0.15) is 0 Å². The van der Waals surface area contributed by atoms with Gasteiger partial charge in [0.25, 0.3) is 21.3 Å². The van der Waals surface area contributed by atoms with Crippen LogP contribution in [-0.2, 0) is 10.0 Å². The summed E-state index contributed by atoms with van der Waals surface area (Å²) in [5.41, 5.74) is 0.492. The summed E-state index contributed by atoms with van der Waals surface area (Å²) < 4.78 is 34.7. The van der Waals surface area contributed by atoms with E-state index in [2.05, 4.69) is 9.71 Å². The summed E-state index contributed by atoms with van der Waals surface area (Å²) >= 11 is 0. The van der Waals surface area contributed by atoms with Crippen LogP contribution in [0.3, 0.4) is 0 Å². The maximum atomic E-state index is 13.1. The average molecular weight is 466 g/mol. The van der Waals surface area contributed by atoms with Crippen molar-refractivity contribution >= 4 is 32.3 Å². The Bertz CT molecular complexity index is 1560. The number of nitro groups is 1. The van der Waals surface area contributed by atoms with E-state index in [4.69, 9.17) is 4.74 Å². The summed E-state index contributed by atoms with van der Waals surface area (Å²) in [5, 5.41) is 11.4. The minimum absolute atomic E-state index is 0.104. The Morgan fingerprint density at radius 3 is 2.55 bits per heavy atom. The van der Waals surface area contributed by atoms with Gasteiger partial charge in [-0.05, 0) is 37.3 Å². The molecule has 10 nitrogen and oxygen atoms in total. The number of nitrogens with one attached hydrogen (secondary N) is 1. The largest absolute Gasteiger partial charge is 0.494 e. The number of nitro benzene ring substituents is 1. The number of non-ortho nitro benzene ring substituents is 1. The molecule has 4 rings (SSSR count). The number of sulfonamides is 1. The Balaban J connectivity index is 1.76. The van der Waals surface area contributed by atoms with E-state index in [0.717, 1.165) is 6.07 Å². The lowest BCUT2D eigenvalue weighted by Gasteiger charge is -2.15. The van der Waals surface area contributed by atoms with E-state index < -0.39 is 14.9 Å². The lowest BCUT2D eigenvalue weighted by Crippen LogP contribution is -2.22. The number of benzene rings is 3. The van der Waals surface area contributed by atoms with Crippen LogP contribution in [0.1, 0.15) is 5.82 Å². The number of ether oxygens (including phenoxy) is 1. The molecule has 1 aromatic heterocycles. The van der Waals surface area contributed by atoms with Crippen LogP contribution in [0.5, 0.6) is 5.75 Å². The highest BCUT2D eigenvalue weighted by molar-refractivity contribution is 7.92. The number of fused-ring (bicyclic) bond motifs is 1. The molecular formula is C22H18N4O6S. The molecule has 0 unspecified atom stereocenters. The number of hydrogen-bond donors (Lipinski definition) is 1. The van der Waals surface area contributed by atoms with Crippen molar-refractivity contribution < 1.29 is 18.1 Å². The minimum atomic E-state index is -4.14. The molecule has 168 valence electrons. The van der Waals surface area contributed by atoms with Crippen LogP contribution >= 0.6 is 0 Å². The van der Waals surface area contributed by atoms with Crippen LogP contribution in [-0.4, -0.2) is 30.0 Å². The fourth-order valence-electron chi connectivity index (χ4n) is 3.42. The van der Waals surface area contributed by atoms with Crippen LogP contribution in [0, 0.1) is 17.0 Å². The first-order valence-corrected chi connectivity index (χ1v) is 11.1. The van der Waals surface area contributed by atoms with Gasteiger partial charge in [0.05, 0.1) is 39.2 Å². The van der Waals surface area contributed by atoms with E-state index in [1.807, 2.05) is 0 Å². The van der Waals surface area contributed by atoms with Gasteiger partial charge >= 0.3 is 0 Å². The molecule has 0 bridgehead atoms. The summed E-state index contributed by atoms with van der Waals surface area (Å²) in [7, 11) is -2.78. The summed E-state index contributed by atoms with van der Waals surface area (Å²) in [6.45, 7) is 1.69. The number of para-hydroxylation sites is 1. The standard InChI is InChI=1S/C22H18N4O6S/c1-14-23-19-9-4-3-8-18(19)22(27)25(14)15-10-11-20(21(13-15)32-2)24-33(30,31)17-7-5-6-16(12-17)26(28)29/h3-13,24H,1-2H3. The molecule has 0 saturated carbocycles. The van der Waals surface area contributed by atoms with E-state index >= 15 is 0 Å². The minimum Gasteiger partial charge on any atom is -0.494 e. The van der Waals surface area contributed by atoms with Gasteiger partial charge in [-0.25, -0.2) is 13.4 Å². The topological polar surface area (TPSA) is 133 Å². The fourth-order valence-corrected chi connectivity index (χ4v) is 4.53. The smallest absolute Gasteiger partial charge is 0.270 e. The van der Waals surface area contributed by atoms with Gasteiger partial charge < -0.3 is 4.74 Å². The monoisotopic (exact) mass is 466 g/mol. The molecule has 3 aromatic carbocycles. The predicted octanol–water partition coefficient (Wildman–Crippen LogP) is 3.41. The Labute approximate surface area is 188 Å². The van der Waals surface area contributed by atoms with Crippen molar-refractivity contribution in [2.24, 2.45) is 0 Å². The van der Waals surface area contributed by atoms with Crippen molar-refractivity contribution in [1.29, 1.82) is 0 Å². The zero-order valence-electron chi connectivity index (χ0n) is 17.6. The summed E-state index contributed by atoms with van der Waals surface area (Å²) in [6.07, 6.45) is 0. The van der Waals surface area contributed by atoms with E-state index in [-0.39, 0.29) is 27.6 Å². The van der Waals surface area contributed by atoms with Crippen LogP contribution < -0.4 is 15.0 Å². The maximum Gasteiger partial charge on any atom is 0.270 e. The lowest BCUT2D eigenvalue weighted by molar-refractivity contribution is -0.385. The summed E-state index contributed by atoms with van der Waals surface area (Å²) in [4.78, 5) is 27.6. The van der Waals surface area contributed by atoms with Crippen LogP contribution in [0.25, 0.3) is 16.6 Å². The Kier molecular flexibility index (Phi) is 5.56. The summed E-state index contributed by atoms with van der Waals surface area (Å²) in [6, 6.07) is 16.2. The average Bonchev–Trinajstić information content (AvgIpc) is 2.79. The van der Waals surface area contributed by atoms with Gasteiger partial charge in [0.1, 0.15) is 11.6 Å². The second-order valence-electron chi connectivity index (χ2n) is 7.06. The van der Waals surface area contributed by atoms with Gasteiger partial charge in [-0.1, -0.05) is 18.2 Å². The third-order valence-electron chi connectivity index (χ3n) is 4.97.